The summed E-state index contributed by atoms with van der Waals surface area (Å²) in [5.41, 5.74) is 8.00. The molecular weight excluding hydrogens is 406 g/mol. The Morgan fingerprint density at radius 3 is 2.27 bits per heavy atom. The predicted molar refractivity (Wildman–Crippen MR) is 136 cm³/mol. The molecule has 4 heteroatoms. The number of hydrogen-bond acceptors (Lipinski definition) is 2. The van der Waals surface area contributed by atoms with E-state index in [1.54, 1.807) is 6.21 Å². The number of hydrazone groups is 1. The zero-order valence-electron chi connectivity index (χ0n) is 18.7. The van der Waals surface area contributed by atoms with Crippen molar-refractivity contribution < 1.29 is 4.79 Å². The average Bonchev–Trinajstić information content (AvgIpc) is 3.11. The van der Waals surface area contributed by atoms with Gasteiger partial charge in [0, 0.05) is 22.3 Å². The molecule has 0 saturated carbocycles. The van der Waals surface area contributed by atoms with E-state index in [1.807, 2.05) is 30.3 Å². The number of hydrogen-bond donors (Lipinski definition) is 1. The molecule has 0 unspecified atom stereocenters. The highest BCUT2D eigenvalue weighted by Crippen LogP contribution is 2.27. The molecule has 5 rings (SSSR count). The van der Waals surface area contributed by atoms with Gasteiger partial charge in [0.25, 0.3) is 0 Å². The Morgan fingerprint density at radius 2 is 1.48 bits per heavy atom. The van der Waals surface area contributed by atoms with Crippen LogP contribution in [0.3, 0.4) is 0 Å². The molecular formula is C29H25N3O. The van der Waals surface area contributed by atoms with Gasteiger partial charge in [-0.05, 0) is 47.7 Å². The molecule has 0 radical (unpaired) electrons. The van der Waals surface area contributed by atoms with E-state index in [1.165, 1.54) is 10.8 Å². The van der Waals surface area contributed by atoms with Crippen LogP contribution in [0.2, 0.25) is 0 Å². The summed E-state index contributed by atoms with van der Waals surface area (Å²) < 4.78 is 2.24. The van der Waals surface area contributed by atoms with Crippen LogP contribution in [-0.4, -0.2) is 16.7 Å². The number of nitrogens with one attached hydrogen (secondary N) is 1. The molecule has 162 valence electrons. The quantitative estimate of drug-likeness (QED) is 0.265. The fourth-order valence-corrected chi connectivity index (χ4v) is 4.53. The lowest BCUT2D eigenvalue weighted by atomic mass is 10.0. The van der Waals surface area contributed by atoms with Crippen molar-refractivity contribution in [1.29, 1.82) is 0 Å². The van der Waals surface area contributed by atoms with Crippen LogP contribution in [0.1, 0.15) is 22.5 Å². The van der Waals surface area contributed by atoms with Crippen LogP contribution in [-0.2, 0) is 11.2 Å². The summed E-state index contributed by atoms with van der Waals surface area (Å²) in [5.74, 6) is -0.134. The smallest absolute Gasteiger partial charge is 0.244 e. The van der Waals surface area contributed by atoms with Gasteiger partial charge < -0.3 is 4.57 Å². The summed E-state index contributed by atoms with van der Waals surface area (Å²) >= 11 is 0. The van der Waals surface area contributed by atoms with Crippen LogP contribution in [0.25, 0.3) is 27.2 Å². The Bertz CT molecular complexity index is 1500. The van der Waals surface area contributed by atoms with Crippen LogP contribution in [0, 0.1) is 13.8 Å². The molecule has 1 amide bonds. The second-order valence-electron chi connectivity index (χ2n) is 8.27. The zero-order valence-corrected chi connectivity index (χ0v) is 18.7. The topological polar surface area (TPSA) is 46.4 Å². The molecule has 1 N–H and O–H groups in total. The van der Waals surface area contributed by atoms with E-state index < -0.39 is 0 Å². The molecule has 0 fully saturated rings. The highest BCUT2D eigenvalue weighted by molar-refractivity contribution is 5.92. The largest absolute Gasteiger partial charge is 0.317 e. The second kappa shape index (κ2) is 8.75. The summed E-state index contributed by atoms with van der Waals surface area (Å²) in [6, 6.07) is 31.0. The van der Waals surface area contributed by atoms with Crippen molar-refractivity contribution in [2.75, 3.05) is 0 Å². The van der Waals surface area contributed by atoms with Crippen molar-refractivity contribution in [1.82, 2.24) is 9.99 Å². The number of benzene rings is 4. The molecule has 0 aliphatic rings. The summed E-state index contributed by atoms with van der Waals surface area (Å²) in [6.45, 7) is 4.17. The Kier molecular flexibility index (Phi) is 5.49. The van der Waals surface area contributed by atoms with Crippen LogP contribution < -0.4 is 5.43 Å². The maximum Gasteiger partial charge on any atom is 0.244 e. The van der Waals surface area contributed by atoms with Crippen molar-refractivity contribution in [3.8, 4) is 5.69 Å². The van der Waals surface area contributed by atoms with Gasteiger partial charge in [0.05, 0.1) is 18.3 Å². The SMILES string of the molecule is Cc1cc(/C=N\NC(=O)Cc2cccc3ccccc23)c(C)n1-c1cccc2ccccc12. The van der Waals surface area contributed by atoms with Crippen LogP contribution in [0.5, 0.6) is 0 Å². The Balaban J connectivity index is 1.36. The first-order valence-corrected chi connectivity index (χ1v) is 11.1. The minimum atomic E-state index is -0.134. The lowest BCUT2D eigenvalue weighted by Crippen LogP contribution is -2.19. The summed E-state index contributed by atoms with van der Waals surface area (Å²) in [7, 11) is 0. The highest BCUT2D eigenvalue weighted by atomic mass is 16.2. The number of amides is 1. The molecule has 33 heavy (non-hydrogen) atoms. The molecule has 0 spiro atoms. The lowest BCUT2D eigenvalue weighted by molar-refractivity contribution is -0.120. The minimum Gasteiger partial charge on any atom is -0.317 e. The number of aryl methyl sites for hydroxylation is 1. The molecule has 1 aromatic heterocycles. The predicted octanol–water partition coefficient (Wildman–Crippen LogP) is 6.09. The van der Waals surface area contributed by atoms with Crippen molar-refractivity contribution in [3.63, 3.8) is 0 Å². The van der Waals surface area contributed by atoms with Crippen LogP contribution >= 0.6 is 0 Å². The summed E-state index contributed by atoms with van der Waals surface area (Å²) in [5, 5.41) is 8.89. The van der Waals surface area contributed by atoms with Crippen molar-refractivity contribution >= 4 is 33.7 Å². The van der Waals surface area contributed by atoms with E-state index in [-0.39, 0.29) is 12.3 Å². The molecule has 0 aliphatic carbocycles. The van der Waals surface area contributed by atoms with Gasteiger partial charge in [-0.25, -0.2) is 5.43 Å². The van der Waals surface area contributed by atoms with Crippen molar-refractivity contribution in [3.05, 3.63) is 114 Å². The van der Waals surface area contributed by atoms with E-state index in [9.17, 15) is 4.79 Å². The standard InChI is InChI=1S/C29H25N3O/c1-20-17-25(21(2)32(20)28-16-8-12-23-10-4-6-15-27(23)28)19-30-31-29(33)18-24-13-7-11-22-9-3-5-14-26(22)24/h3-17,19H,18H2,1-2H3,(H,31,33)/b30-19-. The first kappa shape index (κ1) is 20.7. The number of carbonyl (C=O) groups is 1. The molecule has 0 atom stereocenters. The molecule has 4 aromatic carbocycles. The molecule has 4 nitrogen and oxygen atoms in total. The summed E-state index contributed by atoms with van der Waals surface area (Å²) in [6.07, 6.45) is 2.01. The van der Waals surface area contributed by atoms with Crippen molar-refractivity contribution in [2.45, 2.75) is 20.3 Å². The monoisotopic (exact) mass is 431 g/mol. The first-order valence-electron chi connectivity index (χ1n) is 11.1. The lowest BCUT2D eigenvalue weighted by Gasteiger charge is -2.13. The molecule has 0 bridgehead atoms. The van der Waals surface area contributed by atoms with E-state index in [0.29, 0.717) is 0 Å². The third-order valence-electron chi connectivity index (χ3n) is 6.10. The van der Waals surface area contributed by atoms with E-state index in [2.05, 4.69) is 89.6 Å². The maximum atomic E-state index is 12.5. The number of carbonyl (C=O) groups excluding carboxylic acids is 1. The zero-order chi connectivity index (χ0) is 22.8. The maximum absolute atomic E-state index is 12.5. The van der Waals surface area contributed by atoms with Gasteiger partial charge in [0.2, 0.25) is 5.91 Å². The van der Waals surface area contributed by atoms with Gasteiger partial charge in [-0.3, -0.25) is 4.79 Å². The number of nitrogens with zero attached hydrogens (tertiary/aromatic N) is 2. The molecule has 1 heterocycles. The molecule has 0 aliphatic heterocycles. The van der Waals surface area contributed by atoms with Gasteiger partial charge in [-0.2, -0.15) is 5.10 Å². The van der Waals surface area contributed by atoms with Crippen LogP contribution in [0.4, 0.5) is 0 Å². The highest BCUT2D eigenvalue weighted by Gasteiger charge is 2.12. The fraction of sp³-hybridized carbons (Fsp3) is 0.103. The number of fused-ring (bicyclic) bond motifs is 2. The van der Waals surface area contributed by atoms with Gasteiger partial charge in [-0.1, -0.05) is 78.9 Å². The number of aromatic nitrogens is 1. The Morgan fingerprint density at radius 1 is 0.848 bits per heavy atom. The van der Waals surface area contributed by atoms with Gasteiger partial charge in [0.1, 0.15) is 0 Å². The summed E-state index contributed by atoms with van der Waals surface area (Å²) in [4.78, 5) is 12.5. The minimum absolute atomic E-state index is 0.134. The fourth-order valence-electron chi connectivity index (χ4n) is 4.53. The Labute approximate surface area is 193 Å². The van der Waals surface area contributed by atoms with Gasteiger partial charge in [-0.15, -0.1) is 0 Å². The molecule has 0 saturated heterocycles. The van der Waals surface area contributed by atoms with Gasteiger partial charge in [0.15, 0.2) is 0 Å². The van der Waals surface area contributed by atoms with E-state index in [4.69, 9.17) is 0 Å². The normalized spacial score (nSPS) is 11.5. The van der Waals surface area contributed by atoms with Gasteiger partial charge >= 0.3 is 0 Å². The molecule has 5 aromatic rings. The Hall–Kier alpha value is -4.18. The third-order valence-corrected chi connectivity index (χ3v) is 6.10. The second-order valence-corrected chi connectivity index (χ2v) is 8.27. The van der Waals surface area contributed by atoms with E-state index in [0.717, 1.165) is 39.0 Å². The third kappa shape index (κ3) is 4.03. The first-order chi connectivity index (χ1) is 16.1. The van der Waals surface area contributed by atoms with Crippen molar-refractivity contribution in [2.24, 2.45) is 5.10 Å². The number of rotatable bonds is 5. The van der Waals surface area contributed by atoms with E-state index >= 15 is 0 Å². The average molecular weight is 432 g/mol. The van der Waals surface area contributed by atoms with Crippen LogP contribution in [0.15, 0.2) is 96.1 Å².